The van der Waals surface area contributed by atoms with E-state index in [0.29, 0.717) is 30.0 Å². The molecule has 2 heterocycles. The molecule has 0 bridgehead atoms. The van der Waals surface area contributed by atoms with Gasteiger partial charge in [0.2, 0.25) is 0 Å². The van der Waals surface area contributed by atoms with Gasteiger partial charge in [-0.1, -0.05) is 18.3 Å². The molecular weight excluding hydrogens is 402 g/mol. The Balaban J connectivity index is 1.76. The van der Waals surface area contributed by atoms with Gasteiger partial charge in [-0.05, 0) is 51.3 Å². The van der Waals surface area contributed by atoms with Crippen molar-refractivity contribution in [3.05, 3.63) is 35.1 Å². The average Bonchev–Trinajstić information content (AvgIpc) is 3.04. The third kappa shape index (κ3) is 5.02. The number of benzene rings is 1. The van der Waals surface area contributed by atoms with Crippen molar-refractivity contribution < 1.29 is 14.6 Å². The van der Waals surface area contributed by atoms with Gasteiger partial charge in [-0.2, -0.15) is 5.26 Å². The van der Waals surface area contributed by atoms with Gasteiger partial charge in [-0.3, -0.25) is 0 Å². The fourth-order valence-corrected chi connectivity index (χ4v) is 4.22. The number of aromatic nitrogens is 3. The molecule has 156 valence electrons. The number of hydrogen-bond donors (Lipinski definition) is 2. The standard InChI is InChI=1S/C21H23N5O3S/c1-12(8-21(3,4)26-20(27)28)10-29-16-6-5-14(7-15(16)9-22)17-18-19(24-11-23-17)30-13(2)25-18/h5-7,11-12,26H,8,10H2,1-4H3,(H,27,28)/t12-/m0/s1. The predicted octanol–water partition coefficient (Wildman–Crippen LogP) is 4.38. The van der Waals surface area contributed by atoms with Crippen LogP contribution in [-0.2, 0) is 0 Å². The second kappa shape index (κ2) is 8.63. The van der Waals surface area contributed by atoms with Crippen molar-refractivity contribution in [3.8, 4) is 23.1 Å². The first-order chi connectivity index (χ1) is 14.2. The Bertz CT molecular complexity index is 1120. The largest absolute Gasteiger partial charge is 0.492 e. The number of hydrogen-bond acceptors (Lipinski definition) is 7. The van der Waals surface area contributed by atoms with Crippen LogP contribution in [-0.4, -0.2) is 38.3 Å². The number of nitrogens with one attached hydrogen (secondary N) is 1. The molecule has 1 amide bonds. The molecule has 3 rings (SSSR count). The van der Waals surface area contributed by atoms with Crippen molar-refractivity contribution in [2.45, 2.75) is 39.7 Å². The number of nitrogens with zero attached hydrogens (tertiary/aromatic N) is 4. The van der Waals surface area contributed by atoms with Crippen molar-refractivity contribution in [2.75, 3.05) is 6.61 Å². The molecule has 0 spiro atoms. The highest BCUT2D eigenvalue weighted by Crippen LogP contribution is 2.31. The lowest BCUT2D eigenvalue weighted by molar-refractivity contribution is 0.169. The van der Waals surface area contributed by atoms with Gasteiger partial charge in [0.15, 0.2) is 0 Å². The molecule has 0 unspecified atom stereocenters. The van der Waals surface area contributed by atoms with Crippen LogP contribution in [0.1, 0.15) is 37.8 Å². The van der Waals surface area contributed by atoms with Crippen LogP contribution in [0, 0.1) is 24.2 Å². The second-order valence-electron chi connectivity index (χ2n) is 7.87. The fraction of sp³-hybridized carbons (Fsp3) is 0.381. The van der Waals surface area contributed by atoms with Crippen molar-refractivity contribution in [2.24, 2.45) is 5.92 Å². The van der Waals surface area contributed by atoms with E-state index in [1.165, 1.54) is 17.7 Å². The van der Waals surface area contributed by atoms with Gasteiger partial charge in [0, 0.05) is 11.1 Å². The number of rotatable bonds is 7. The summed E-state index contributed by atoms with van der Waals surface area (Å²) in [4.78, 5) is 24.8. The van der Waals surface area contributed by atoms with E-state index in [0.717, 1.165) is 20.9 Å². The van der Waals surface area contributed by atoms with Crippen LogP contribution in [0.5, 0.6) is 5.75 Å². The number of amides is 1. The van der Waals surface area contributed by atoms with E-state index in [-0.39, 0.29) is 5.92 Å². The summed E-state index contributed by atoms with van der Waals surface area (Å²) in [5, 5.41) is 21.9. The number of aryl methyl sites for hydroxylation is 1. The Kier molecular flexibility index (Phi) is 6.17. The number of nitriles is 1. The van der Waals surface area contributed by atoms with Crippen LogP contribution in [0.4, 0.5) is 4.79 Å². The Morgan fingerprint density at radius 1 is 1.40 bits per heavy atom. The van der Waals surface area contributed by atoms with E-state index in [2.05, 4.69) is 26.3 Å². The van der Waals surface area contributed by atoms with E-state index in [1.807, 2.05) is 33.8 Å². The Morgan fingerprint density at radius 3 is 2.87 bits per heavy atom. The molecule has 2 N–H and O–H groups in total. The summed E-state index contributed by atoms with van der Waals surface area (Å²) in [5.74, 6) is 0.564. The maximum Gasteiger partial charge on any atom is 0.405 e. The minimum atomic E-state index is -1.05. The minimum absolute atomic E-state index is 0.0811. The van der Waals surface area contributed by atoms with Gasteiger partial charge < -0.3 is 15.2 Å². The highest BCUT2D eigenvalue weighted by molar-refractivity contribution is 7.18. The highest BCUT2D eigenvalue weighted by Gasteiger charge is 2.23. The number of fused-ring (bicyclic) bond motifs is 1. The van der Waals surface area contributed by atoms with Crippen molar-refractivity contribution >= 4 is 27.8 Å². The first-order valence-corrected chi connectivity index (χ1v) is 10.3. The molecule has 30 heavy (non-hydrogen) atoms. The molecule has 0 aliphatic rings. The molecule has 1 aromatic carbocycles. The molecule has 2 aromatic heterocycles. The molecular formula is C21H23N5O3S. The van der Waals surface area contributed by atoms with Crippen molar-refractivity contribution in [1.82, 2.24) is 20.3 Å². The summed E-state index contributed by atoms with van der Waals surface area (Å²) in [7, 11) is 0. The zero-order chi connectivity index (χ0) is 21.9. The SMILES string of the molecule is Cc1nc2c(-c3ccc(OC[C@@H](C)CC(C)(C)NC(=O)O)c(C#N)c3)ncnc2s1. The highest BCUT2D eigenvalue weighted by atomic mass is 32.1. The third-order valence-corrected chi connectivity index (χ3v) is 5.38. The van der Waals surface area contributed by atoms with Crippen LogP contribution < -0.4 is 10.1 Å². The molecule has 0 radical (unpaired) electrons. The maximum atomic E-state index is 10.9. The molecule has 8 nitrogen and oxygen atoms in total. The minimum Gasteiger partial charge on any atom is -0.492 e. The number of ether oxygens (including phenoxy) is 1. The van der Waals surface area contributed by atoms with Gasteiger partial charge in [0.05, 0.1) is 17.2 Å². The summed E-state index contributed by atoms with van der Waals surface area (Å²) in [6.07, 6.45) is 1.05. The Morgan fingerprint density at radius 2 is 2.17 bits per heavy atom. The van der Waals surface area contributed by atoms with Crippen molar-refractivity contribution in [3.63, 3.8) is 0 Å². The molecule has 0 aliphatic heterocycles. The zero-order valence-corrected chi connectivity index (χ0v) is 18.1. The van der Waals surface area contributed by atoms with Crippen LogP contribution in [0.25, 0.3) is 21.6 Å². The second-order valence-corrected chi connectivity index (χ2v) is 9.05. The monoisotopic (exact) mass is 425 g/mol. The number of carbonyl (C=O) groups is 1. The Labute approximate surface area is 178 Å². The summed E-state index contributed by atoms with van der Waals surface area (Å²) >= 11 is 1.50. The first kappa shape index (κ1) is 21.5. The van der Waals surface area contributed by atoms with E-state index in [1.54, 1.807) is 12.1 Å². The van der Waals surface area contributed by atoms with Gasteiger partial charge in [0.25, 0.3) is 0 Å². The van der Waals surface area contributed by atoms with Gasteiger partial charge in [-0.25, -0.2) is 19.7 Å². The fourth-order valence-electron chi connectivity index (χ4n) is 3.46. The van der Waals surface area contributed by atoms with E-state index in [9.17, 15) is 10.1 Å². The first-order valence-electron chi connectivity index (χ1n) is 9.45. The van der Waals surface area contributed by atoms with Crippen LogP contribution in [0.3, 0.4) is 0 Å². The van der Waals surface area contributed by atoms with E-state index >= 15 is 0 Å². The quantitative estimate of drug-likeness (QED) is 0.576. The number of thiazole rings is 1. The molecule has 9 heteroatoms. The molecule has 0 aliphatic carbocycles. The van der Waals surface area contributed by atoms with Gasteiger partial charge >= 0.3 is 6.09 Å². The number of carboxylic acid groups (broad SMARTS) is 1. The summed E-state index contributed by atoms with van der Waals surface area (Å²) in [6.45, 7) is 7.92. The third-order valence-electron chi connectivity index (χ3n) is 4.50. The molecule has 0 saturated heterocycles. The summed E-state index contributed by atoms with van der Waals surface area (Å²) in [5.41, 5.74) is 2.01. The topological polar surface area (TPSA) is 121 Å². The van der Waals surface area contributed by atoms with Crippen molar-refractivity contribution in [1.29, 1.82) is 5.26 Å². The van der Waals surface area contributed by atoms with E-state index < -0.39 is 11.6 Å². The maximum absolute atomic E-state index is 10.9. The smallest absolute Gasteiger partial charge is 0.405 e. The molecule has 3 aromatic rings. The van der Waals surface area contributed by atoms with Gasteiger partial charge in [-0.15, -0.1) is 0 Å². The Hall–Kier alpha value is -3.25. The molecule has 0 fully saturated rings. The lowest BCUT2D eigenvalue weighted by Gasteiger charge is -2.28. The van der Waals surface area contributed by atoms with E-state index in [4.69, 9.17) is 9.84 Å². The molecule has 0 saturated carbocycles. The van der Waals surface area contributed by atoms with Crippen LogP contribution >= 0.6 is 11.3 Å². The normalized spacial score (nSPS) is 12.4. The predicted molar refractivity (Wildman–Crippen MR) is 115 cm³/mol. The molecule has 1 atom stereocenters. The average molecular weight is 426 g/mol. The lowest BCUT2D eigenvalue weighted by atomic mass is 9.92. The lowest BCUT2D eigenvalue weighted by Crippen LogP contribution is -2.44. The zero-order valence-electron chi connectivity index (χ0n) is 17.3. The summed E-state index contributed by atoms with van der Waals surface area (Å²) < 4.78 is 5.88. The van der Waals surface area contributed by atoms with Crippen LogP contribution in [0.2, 0.25) is 0 Å². The van der Waals surface area contributed by atoms with Gasteiger partial charge in [0.1, 0.15) is 34.2 Å². The van der Waals surface area contributed by atoms with Crippen LogP contribution in [0.15, 0.2) is 24.5 Å². The summed E-state index contributed by atoms with van der Waals surface area (Å²) in [6, 6.07) is 7.54.